The van der Waals surface area contributed by atoms with Gasteiger partial charge in [-0.05, 0) is 38.0 Å². The molecule has 1 heterocycles. The van der Waals surface area contributed by atoms with Crippen LogP contribution in [0.5, 0.6) is 0 Å². The van der Waals surface area contributed by atoms with Gasteiger partial charge in [0.2, 0.25) is 0 Å². The number of hydrogen-bond acceptors (Lipinski definition) is 3. The van der Waals surface area contributed by atoms with Crippen LogP contribution >= 0.6 is 11.8 Å². The molecule has 12 heavy (non-hydrogen) atoms. The number of nitrogens with two attached hydrogens (primary N) is 1. The Balaban J connectivity index is 1.91. The molecule has 1 unspecified atom stereocenters. The minimum Gasteiger partial charge on any atom is -0.377 e. The lowest BCUT2D eigenvalue weighted by molar-refractivity contribution is 0.0315. The first kappa shape index (κ1) is 10.4. The third-order valence-corrected chi connectivity index (χ3v) is 3.26. The van der Waals surface area contributed by atoms with E-state index in [-0.39, 0.29) is 0 Å². The van der Waals surface area contributed by atoms with E-state index >= 15 is 0 Å². The van der Waals surface area contributed by atoms with Gasteiger partial charge in [0.05, 0.1) is 6.10 Å². The summed E-state index contributed by atoms with van der Waals surface area (Å²) in [5.41, 5.74) is 5.40. The molecule has 0 aromatic rings. The van der Waals surface area contributed by atoms with Gasteiger partial charge in [0.1, 0.15) is 0 Å². The molecule has 1 saturated heterocycles. The van der Waals surface area contributed by atoms with E-state index in [0.717, 1.165) is 19.6 Å². The Kier molecular flexibility index (Phi) is 5.82. The molecule has 2 nitrogen and oxygen atoms in total. The molecule has 0 bridgehead atoms. The summed E-state index contributed by atoms with van der Waals surface area (Å²) in [4.78, 5) is 0. The second-order valence-corrected chi connectivity index (χ2v) is 4.36. The third kappa shape index (κ3) is 4.33. The van der Waals surface area contributed by atoms with Crippen molar-refractivity contribution in [3.63, 3.8) is 0 Å². The van der Waals surface area contributed by atoms with Gasteiger partial charge in [-0.15, -0.1) is 0 Å². The molecule has 0 saturated carbocycles. The molecule has 0 aliphatic carbocycles. The summed E-state index contributed by atoms with van der Waals surface area (Å²) < 4.78 is 5.61. The highest BCUT2D eigenvalue weighted by atomic mass is 32.2. The van der Waals surface area contributed by atoms with Gasteiger partial charge in [-0.2, -0.15) is 11.8 Å². The molecule has 3 heteroatoms. The van der Waals surface area contributed by atoms with Gasteiger partial charge in [-0.3, -0.25) is 0 Å². The van der Waals surface area contributed by atoms with Crippen molar-refractivity contribution >= 4 is 11.8 Å². The predicted octanol–water partition coefficient (Wildman–Crippen LogP) is 1.64. The molecular formula is C9H19NOS. The van der Waals surface area contributed by atoms with Gasteiger partial charge in [-0.25, -0.2) is 0 Å². The maximum Gasteiger partial charge on any atom is 0.0665 e. The average Bonchev–Trinajstić information content (AvgIpc) is 2.14. The molecule has 1 aliphatic heterocycles. The van der Waals surface area contributed by atoms with Crippen molar-refractivity contribution in [2.75, 3.05) is 24.7 Å². The van der Waals surface area contributed by atoms with E-state index in [0.29, 0.717) is 6.10 Å². The normalized spacial score (nSPS) is 24.2. The predicted molar refractivity (Wildman–Crippen MR) is 54.6 cm³/mol. The standard InChI is InChI=1S/C9H19NOS/c10-5-3-7-12-8-9-4-1-2-6-11-9/h9H,1-8,10H2. The van der Waals surface area contributed by atoms with Gasteiger partial charge < -0.3 is 10.5 Å². The Morgan fingerprint density at radius 2 is 2.33 bits per heavy atom. The zero-order chi connectivity index (χ0) is 8.65. The molecule has 1 aliphatic rings. The Labute approximate surface area is 79.2 Å². The second-order valence-electron chi connectivity index (χ2n) is 3.21. The summed E-state index contributed by atoms with van der Waals surface area (Å²) in [6.45, 7) is 1.79. The minimum atomic E-state index is 0.529. The second kappa shape index (κ2) is 6.75. The van der Waals surface area contributed by atoms with Crippen LogP contribution in [0.15, 0.2) is 0 Å². The zero-order valence-corrected chi connectivity index (χ0v) is 8.44. The Bertz CT molecular complexity index is 105. The average molecular weight is 189 g/mol. The monoisotopic (exact) mass is 189 g/mol. The molecule has 0 aromatic heterocycles. The van der Waals surface area contributed by atoms with E-state index in [1.165, 1.54) is 30.8 Å². The SMILES string of the molecule is NCCCSCC1CCCCO1. The van der Waals surface area contributed by atoms with Gasteiger partial charge in [-0.1, -0.05) is 0 Å². The smallest absolute Gasteiger partial charge is 0.0665 e. The highest BCUT2D eigenvalue weighted by Crippen LogP contribution is 2.17. The highest BCUT2D eigenvalue weighted by molar-refractivity contribution is 7.99. The van der Waals surface area contributed by atoms with Crippen LogP contribution in [0.3, 0.4) is 0 Å². The quantitative estimate of drug-likeness (QED) is 0.668. The van der Waals surface area contributed by atoms with Gasteiger partial charge in [0.25, 0.3) is 0 Å². The molecular weight excluding hydrogens is 170 g/mol. The van der Waals surface area contributed by atoms with Crippen molar-refractivity contribution in [3.05, 3.63) is 0 Å². The van der Waals surface area contributed by atoms with Crippen LogP contribution < -0.4 is 5.73 Å². The van der Waals surface area contributed by atoms with Gasteiger partial charge in [0, 0.05) is 12.4 Å². The molecule has 0 aromatic carbocycles. The van der Waals surface area contributed by atoms with E-state index < -0.39 is 0 Å². The van der Waals surface area contributed by atoms with Crippen molar-refractivity contribution in [2.45, 2.75) is 31.8 Å². The first-order chi connectivity index (χ1) is 5.93. The van der Waals surface area contributed by atoms with Crippen LogP contribution in [0.1, 0.15) is 25.7 Å². The molecule has 2 N–H and O–H groups in total. The molecule has 1 atom stereocenters. The summed E-state index contributed by atoms with van der Waals surface area (Å²) in [6, 6.07) is 0. The number of ether oxygens (including phenoxy) is 1. The van der Waals surface area contributed by atoms with Crippen LogP contribution in [0, 0.1) is 0 Å². The first-order valence-electron chi connectivity index (χ1n) is 4.83. The van der Waals surface area contributed by atoms with E-state index in [2.05, 4.69) is 0 Å². The van der Waals surface area contributed by atoms with Crippen molar-refractivity contribution in [1.82, 2.24) is 0 Å². The van der Waals surface area contributed by atoms with Crippen molar-refractivity contribution < 1.29 is 4.74 Å². The lowest BCUT2D eigenvalue weighted by Gasteiger charge is -2.21. The lowest BCUT2D eigenvalue weighted by atomic mass is 10.1. The van der Waals surface area contributed by atoms with E-state index in [1.54, 1.807) is 0 Å². The fraction of sp³-hybridized carbons (Fsp3) is 1.00. The number of thioether (sulfide) groups is 1. The molecule has 0 radical (unpaired) electrons. The molecule has 72 valence electrons. The van der Waals surface area contributed by atoms with Crippen molar-refractivity contribution in [2.24, 2.45) is 5.73 Å². The molecule has 0 spiro atoms. The maximum absolute atomic E-state index is 5.61. The number of hydrogen-bond donors (Lipinski definition) is 1. The van der Waals surface area contributed by atoms with Crippen LogP contribution in [0.25, 0.3) is 0 Å². The zero-order valence-electron chi connectivity index (χ0n) is 7.63. The third-order valence-electron chi connectivity index (χ3n) is 2.07. The van der Waals surface area contributed by atoms with Crippen LogP contribution in [-0.2, 0) is 4.74 Å². The first-order valence-corrected chi connectivity index (χ1v) is 5.98. The van der Waals surface area contributed by atoms with Crippen molar-refractivity contribution in [3.8, 4) is 0 Å². The summed E-state index contributed by atoms with van der Waals surface area (Å²) in [5.74, 6) is 2.36. The molecule has 1 rings (SSSR count). The number of rotatable bonds is 5. The van der Waals surface area contributed by atoms with Crippen molar-refractivity contribution in [1.29, 1.82) is 0 Å². The Hall–Kier alpha value is 0.270. The largest absolute Gasteiger partial charge is 0.377 e. The summed E-state index contributed by atoms with van der Waals surface area (Å²) in [7, 11) is 0. The summed E-state index contributed by atoms with van der Waals surface area (Å²) in [6.07, 6.45) is 5.53. The fourth-order valence-electron chi connectivity index (χ4n) is 1.34. The fourth-order valence-corrected chi connectivity index (χ4v) is 2.40. The molecule has 0 amide bonds. The van der Waals surface area contributed by atoms with Gasteiger partial charge >= 0.3 is 0 Å². The summed E-state index contributed by atoms with van der Waals surface area (Å²) in [5, 5.41) is 0. The van der Waals surface area contributed by atoms with Crippen LogP contribution in [0.4, 0.5) is 0 Å². The topological polar surface area (TPSA) is 35.2 Å². The van der Waals surface area contributed by atoms with E-state index in [4.69, 9.17) is 10.5 Å². The highest BCUT2D eigenvalue weighted by Gasteiger charge is 2.12. The Morgan fingerprint density at radius 3 is 3.00 bits per heavy atom. The minimum absolute atomic E-state index is 0.529. The van der Waals surface area contributed by atoms with Gasteiger partial charge in [0.15, 0.2) is 0 Å². The van der Waals surface area contributed by atoms with Crippen LogP contribution in [-0.4, -0.2) is 30.8 Å². The van der Waals surface area contributed by atoms with E-state index in [9.17, 15) is 0 Å². The lowest BCUT2D eigenvalue weighted by Crippen LogP contribution is -2.21. The Morgan fingerprint density at radius 1 is 1.42 bits per heavy atom. The molecule has 1 fully saturated rings. The maximum atomic E-state index is 5.61. The van der Waals surface area contributed by atoms with E-state index in [1.807, 2.05) is 11.8 Å². The summed E-state index contributed by atoms with van der Waals surface area (Å²) >= 11 is 1.98. The van der Waals surface area contributed by atoms with Crippen LogP contribution in [0.2, 0.25) is 0 Å².